The number of aryl methyl sites for hydroxylation is 1. The summed E-state index contributed by atoms with van der Waals surface area (Å²) in [6.45, 7) is 4.30. The third-order valence-electron chi connectivity index (χ3n) is 5.44. The minimum atomic E-state index is -0.621. The molecular weight excluding hydrogens is 367 g/mol. The van der Waals surface area contributed by atoms with E-state index in [-0.39, 0.29) is 12.4 Å². The highest BCUT2D eigenvalue weighted by molar-refractivity contribution is 5.95. The molecule has 0 fully saturated rings. The number of aliphatic hydroxyl groups excluding tert-OH is 1. The molecule has 0 aliphatic carbocycles. The third-order valence-corrected chi connectivity index (χ3v) is 5.44. The maximum absolute atomic E-state index is 13.9. The summed E-state index contributed by atoms with van der Waals surface area (Å²) in [5.41, 5.74) is 4.88. The number of aliphatic hydroxyl groups is 1. The second kappa shape index (κ2) is 8.16. The molecule has 148 valence electrons. The molecule has 1 aliphatic rings. The molecule has 1 unspecified atom stereocenters. The van der Waals surface area contributed by atoms with Crippen LogP contribution in [-0.4, -0.2) is 40.7 Å². The molecule has 0 bridgehead atoms. The Bertz CT molecular complexity index is 1090. The Labute approximate surface area is 169 Å². The van der Waals surface area contributed by atoms with Crippen molar-refractivity contribution in [3.8, 4) is 6.07 Å². The lowest BCUT2D eigenvalue weighted by atomic mass is 10.00. The quantitative estimate of drug-likeness (QED) is 0.699. The van der Waals surface area contributed by atoms with Gasteiger partial charge in [0.25, 0.3) is 0 Å². The maximum atomic E-state index is 13.9. The molecular formula is C23H23FN4O. The smallest absolute Gasteiger partial charge is 0.124 e. The summed E-state index contributed by atoms with van der Waals surface area (Å²) in [5.74, 6) is -0.373. The minimum absolute atomic E-state index is 0.265. The van der Waals surface area contributed by atoms with Gasteiger partial charge in [0.2, 0.25) is 0 Å². The Hall–Kier alpha value is -3.01. The van der Waals surface area contributed by atoms with Gasteiger partial charge in [-0.2, -0.15) is 5.26 Å². The zero-order valence-electron chi connectivity index (χ0n) is 16.3. The van der Waals surface area contributed by atoms with Crippen molar-refractivity contribution < 1.29 is 9.50 Å². The first kappa shape index (κ1) is 19.3. The molecule has 3 aromatic rings. The van der Waals surface area contributed by atoms with Crippen molar-refractivity contribution in [3.05, 3.63) is 70.7 Å². The molecule has 0 saturated heterocycles. The molecule has 2 heterocycles. The summed E-state index contributed by atoms with van der Waals surface area (Å²) in [6, 6.07) is 13.3. The van der Waals surface area contributed by atoms with E-state index in [1.807, 2.05) is 6.07 Å². The number of hydrogen-bond donors (Lipinski definition) is 2. The van der Waals surface area contributed by atoms with Crippen LogP contribution in [0.5, 0.6) is 0 Å². The fourth-order valence-electron chi connectivity index (χ4n) is 4.00. The van der Waals surface area contributed by atoms with Crippen LogP contribution in [0.1, 0.15) is 22.3 Å². The first-order valence-electron chi connectivity index (χ1n) is 9.75. The first-order chi connectivity index (χ1) is 14.0. The predicted molar refractivity (Wildman–Crippen MR) is 111 cm³/mol. The molecule has 2 N–H and O–H groups in total. The van der Waals surface area contributed by atoms with Gasteiger partial charge < -0.3 is 10.4 Å². The van der Waals surface area contributed by atoms with Crippen molar-refractivity contribution in [1.82, 2.24) is 9.88 Å². The van der Waals surface area contributed by atoms with E-state index in [2.05, 4.69) is 39.5 Å². The fraction of sp³-hybridized carbons (Fsp3) is 0.304. The molecule has 6 heteroatoms. The summed E-state index contributed by atoms with van der Waals surface area (Å²) in [6.07, 6.45) is 1.84. The molecule has 1 aromatic heterocycles. The number of nitriles is 1. The molecule has 0 spiro atoms. The zero-order valence-corrected chi connectivity index (χ0v) is 16.3. The number of aromatic nitrogens is 1. The van der Waals surface area contributed by atoms with Crippen LogP contribution in [0.2, 0.25) is 0 Å². The van der Waals surface area contributed by atoms with Crippen LogP contribution in [-0.2, 0) is 13.0 Å². The van der Waals surface area contributed by atoms with Gasteiger partial charge in [0.1, 0.15) is 11.9 Å². The monoisotopic (exact) mass is 390 g/mol. The van der Waals surface area contributed by atoms with Crippen LogP contribution in [0, 0.1) is 24.1 Å². The fourth-order valence-corrected chi connectivity index (χ4v) is 4.00. The largest absolute Gasteiger partial charge is 0.390 e. The number of benzene rings is 2. The van der Waals surface area contributed by atoms with Crippen molar-refractivity contribution in [3.63, 3.8) is 0 Å². The van der Waals surface area contributed by atoms with Crippen LogP contribution in [0.3, 0.4) is 0 Å². The summed E-state index contributed by atoms with van der Waals surface area (Å²) in [7, 11) is 0. The van der Waals surface area contributed by atoms with E-state index < -0.39 is 6.10 Å². The van der Waals surface area contributed by atoms with Crippen molar-refractivity contribution in [2.45, 2.75) is 26.0 Å². The Morgan fingerprint density at radius 1 is 1.31 bits per heavy atom. The van der Waals surface area contributed by atoms with Crippen molar-refractivity contribution in [2.75, 3.05) is 25.0 Å². The summed E-state index contributed by atoms with van der Waals surface area (Å²) >= 11 is 0. The van der Waals surface area contributed by atoms with Gasteiger partial charge in [-0.15, -0.1) is 0 Å². The third kappa shape index (κ3) is 4.07. The van der Waals surface area contributed by atoms with E-state index in [9.17, 15) is 14.8 Å². The Morgan fingerprint density at radius 3 is 2.90 bits per heavy atom. The highest BCUT2D eigenvalue weighted by atomic mass is 19.1. The van der Waals surface area contributed by atoms with Crippen LogP contribution in [0.15, 0.2) is 42.6 Å². The molecule has 2 aromatic carbocycles. The molecule has 1 atom stereocenters. The molecule has 0 radical (unpaired) electrons. The average Bonchev–Trinajstić information content (AvgIpc) is 2.71. The lowest BCUT2D eigenvalue weighted by Crippen LogP contribution is -2.39. The van der Waals surface area contributed by atoms with E-state index in [0.717, 1.165) is 19.5 Å². The second-order valence-electron chi connectivity index (χ2n) is 7.57. The highest BCUT2D eigenvalue weighted by Crippen LogP contribution is 2.28. The summed E-state index contributed by atoms with van der Waals surface area (Å²) in [4.78, 5) is 6.53. The van der Waals surface area contributed by atoms with Gasteiger partial charge >= 0.3 is 0 Å². The second-order valence-corrected chi connectivity index (χ2v) is 7.57. The number of pyridine rings is 1. The van der Waals surface area contributed by atoms with Crippen molar-refractivity contribution >= 4 is 16.6 Å². The van der Waals surface area contributed by atoms with Crippen LogP contribution < -0.4 is 5.32 Å². The van der Waals surface area contributed by atoms with Crippen LogP contribution in [0.4, 0.5) is 10.1 Å². The molecule has 5 nitrogen and oxygen atoms in total. The Balaban J connectivity index is 1.48. The number of β-amino-alcohol motifs (C(OH)–C–C–N with tert-alkyl or cyclic N) is 1. The highest BCUT2D eigenvalue weighted by Gasteiger charge is 2.19. The van der Waals surface area contributed by atoms with Gasteiger partial charge in [-0.3, -0.25) is 9.88 Å². The van der Waals surface area contributed by atoms with Crippen molar-refractivity contribution in [2.24, 2.45) is 0 Å². The number of rotatable bonds is 5. The van der Waals surface area contributed by atoms with E-state index >= 15 is 0 Å². The average molecular weight is 390 g/mol. The predicted octanol–water partition coefficient (Wildman–Crippen LogP) is 3.39. The standard InChI is InChI=1S/C23H23FN4O/c1-15-8-19(24)9-21-22(15)26-11-18(10-25)23(21)27-12-20(29)14-28-7-6-16-4-2-3-5-17(16)13-28/h2-5,8-9,11,20,29H,6-7,12-14H2,1H3,(H,26,27). The van der Waals surface area contributed by atoms with Gasteiger partial charge in [0, 0.05) is 37.8 Å². The molecule has 0 saturated carbocycles. The van der Waals surface area contributed by atoms with E-state index in [4.69, 9.17) is 0 Å². The number of nitrogens with one attached hydrogen (secondary N) is 1. The summed E-state index contributed by atoms with van der Waals surface area (Å²) < 4.78 is 13.9. The number of anilines is 1. The van der Waals surface area contributed by atoms with Gasteiger partial charge in [-0.1, -0.05) is 24.3 Å². The topological polar surface area (TPSA) is 72.2 Å². The van der Waals surface area contributed by atoms with Crippen molar-refractivity contribution in [1.29, 1.82) is 5.26 Å². The van der Waals surface area contributed by atoms with Gasteiger partial charge in [-0.05, 0) is 42.2 Å². The number of fused-ring (bicyclic) bond motifs is 2. The van der Waals surface area contributed by atoms with Gasteiger partial charge in [0.05, 0.1) is 22.9 Å². The van der Waals surface area contributed by atoms with Crippen LogP contribution in [0.25, 0.3) is 10.9 Å². The van der Waals surface area contributed by atoms with Gasteiger partial charge in [0.15, 0.2) is 0 Å². The van der Waals surface area contributed by atoms with Gasteiger partial charge in [-0.25, -0.2) is 4.39 Å². The SMILES string of the molecule is Cc1cc(F)cc2c(NCC(O)CN3CCc4ccccc4C3)c(C#N)cnc12. The number of hydrogen-bond acceptors (Lipinski definition) is 5. The number of halogens is 1. The Morgan fingerprint density at radius 2 is 2.10 bits per heavy atom. The zero-order chi connectivity index (χ0) is 20.4. The lowest BCUT2D eigenvalue weighted by molar-refractivity contribution is 0.114. The lowest BCUT2D eigenvalue weighted by Gasteiger charge is -2.30. The molecule has 29 heavy (non-hydrogen) atoms. The maximum Gasteiger partial charge on any atom is 0.124 e. The van der Waals surface area contributed by atoms with Crippen LogP contribution >= 0.6 is 0 Å². The molecule has 0 amide bonds. The summed E-state index contributed by atoms with van der Waals surface area (Å²) in [5, 5.41) is 23.7. The van der Waals surface area contributed by atoms with E-state index in [1.54, 1.807) is 6.92 Å². The van der Waals surface area contributed by atoms with E-state index in [1.165, 1.54) is 29.5 Å². The first-order valence-corrected chi connectivity index (χ1v) is 9.75. The van der Waals surface area contributed by atoms with E-state index in [0.29, 0.717) is 34.3 Å². The molecule has 4 rings (SSSR count). The Kier molecular flexibility index (Phi) is 5.43. The minimum Gasteiger partial charge on any atom is -0.390 e. The number of nitrogens with zero attached hydrogens (tertiary/aromatic N) is 3. The normalized spacial score (nSPS) is 15.0. The molecule has 1 aliphatic heterocycles.